The molecule has 0 saturated carbocycles. The minimum atomic E-state index is 0.763. The Labute approximate surface area is 126 Å². The molecule has 0 aliphatic carbocycles. The number of aromatic nitrogens is 1. The normalized spacial score (nSPS) is 10.9. The number of anilines is 1. The Hall–Kier alpha value is -0.550. The van der Waals surface area contributed by atoms with E-state index < -0.39 is 0 Å². The van der Waals surface area contributed by atoms with Crippen LogP contribution in [0.25, 0.3) is 10.9 Å². The maximum atomic E-state index is 6.17. The Morgan fingerprint density at radius 3 is 2.67 bits per heavy atom. The predicted octanol–water partition coefficient (Wildman–Crippen LogP) is 4.80. The first-order valence-corrected chi connectivity index (χ1v) is 7.56. The topological polar surface area (TPSA) is 24.9 Å². The molecule has 18 heavy (non-hydrogen) atoms. The van der Waals surface area contributed by atoms with E-state index in [1.165, 1.54) is 11.3 Å². The summed E-state index contributed by atoms with van der Waals surface area (Å²) in [6.07, 6.45) is 0.972. The molecule has 2 aromatic rings. The Bertz CT molecular complexity index is 596. The monoisotopic (exact) mass is 374 g/mol. The first-order chi connectivity index (χ1) is 8.58. The summed E-state index contributed by atoms with van der Waals surface area (Å²) < 4.78 is 1.10. The second-order valence-corrected chi connectivity index (χ2v) is 5.82. The number of nitrogens with zero attached hydrogens (tertiary/aromatic N) is 1. The third kappa shape index (κ3) is 2.43. The Morgan fingerprint density at radius 1 is 1.33 bits per heavy atom. The summed E-state index contributed by atoms with van der Waals surface area (Å²) in [5.41, 5.74) is 4.59. The summed E-state index contributed by atoms with van der Waals surface area (Å²) in [4.78, 5) is 4.72. The van der Waals surface area contributed by atoms with Gasteiger partial charge in [0.15, 0.2) is 0 Å². The molecule has 96 valence electrons. The van der Waals surface area contributed by atoms with E-state index >= 15 is 0 Å². The first-order valence-electron chi connectivity index (χ1n) is 6.10. The molecule has 1 N–H and O–H groups in total. The third-order valence-corrected chi connectivity index (χ3v) is 4.06. The van der Waals surface area contributed by atoms with Gasteiger partial charge in [-0.2, -0.15) is 0 Å². The summed E-state index contributed by atoms with van der Waals surface area (Å²) in [6, 6.07) is 3.96. The second kappa shape index (κ2) is 5.61. The van der Waals surface area contributed by atoms with Crippen molar-refractivity contribution < 1.29 is 0 Å². The van der Waals surface area contributed by atoms with E-state index in [2.05, 4.69) is 48.7 Å². The van der Waals surface area contributed by atoms with Gasteiger partial charge in [0.2, 0.25) is 0 Å². The fourth-order valence-corrected chi connectivity index (χ4v) is 3.41. The van der Waals surface area contributed by atoms with E-state index in [-0.39, 0.29) is 0 Å². The van der Waals surface area contributed by atoms with Crippen LogP contribution in [0.15, 0.2) is 12.1 Å². The average molecular weight is 375 g/mol. The molecule has 0 fully saturated rings. The summed E-state index contributed by atoms with van der Waals surface area (Å²) in [6.45, 7) is 7.24. The molecule has 0 spiro atoms. The van der Waals surface area contributed by atoms with Crippen molar-refractivity contribution in [2.45, 2.75) is 27.2 Å². The lowest BCUT2D eigenvalue weighted by Gasteiger charge is -2.16. The highest BCUT2D eigenvalue weighted by Gasteiger charge is 2.13. The highest BCUT2D eigenvalue weighted by Crippen LogP contribution is 2.33. The zero-order valence-corrected chi connectivity index (χ0v) is 13.7. The van der Waals surface area contributed by atoms with Crippen LogP contribution in [0.5, 0.6) is 0 Å². The quantitative estimate of drug-likeness (QED) is 0.781. The van der Waals surface area contributed by atoms with E-state index in [1.54, 1.807) is 0 Å². The molecule has 0 saturated heterocycles. The Kier molecular flexibility index (Phi) is 4.33. The average Bonchev–Trinajstić information content (AvgIpc) is 2.31. The van der Waals surface area contributed by atoms with Gasteiger partial charge in [0.1, 0.15) is 0 Å². The van der Waals surface area contributed by atoms with Crippen LogP contribution in [-0.2, 0) is 6.42 Å². The van der Waals surface area contributed by atoms with Crippen molar-refractivity contribution in [2.24, 2.45) is 0 Å². The van der Waals surface area contributed by atoms with Gasteiger partial charge in [-0.1, -0.05) is 18.5 Å². The van der Waals surface area contributed by atoms with Crippen molar-refractivity contribution in [1.82, 2.24) is 4.98 Å². The minimum Gasteiger partial charge on any atom is -0.384 e. The molecule has 2 rings (SSSR count). The van der Waals surface area contributed by atoms with Gasteiger partial charge >= 0.3 is 0 Å². The van der Waals surface area contributed by atoms with Crippen molar-refractivity contribution in [3.63, 3.8) is 0 Å². The number of halogens is 2. The van der Waals surface area contributed by atoms with E-state index in [0.29, 0.717) is 0 Å². The van der Waals surface area contributed by atoms with Gasteiger partial charge in [-0.05, 0) is 60.6 Å². The maximum absolute atomic E-state index is 6.17. The maximum Gasteiger partial charge on any atom is 0.0860 e. The van der Waals surface area contributed by atoms with Crippen molar-refractivity contribution in [3.05, 3.63) is 32.0 Å². The predicted molar refractivity (Wildman–Crippen MR) is 87.7 cm³/mol. The van der Waals surface area contributed by atoms with Crippen LogP contribution in [0.4, 0.5) is 5.69 Å². The van der Waals surface area contributed by atoms with Gasteiger partial charge in [-0.25, -0.2) is 0 Å². The molecule has 0 aliphatic heterocycles. The van der Waals surface area contributed by atoms with Crippen LogP contribution in [0.2, 0.25) is 5.02 Å². The highest BCUT2D eigenvalue weighted by atomic mass is 127. The smallest absolute Gasteiger partial charge is 0.0860 e. The van der Waals surface area contributed by atoms with Crippen LogP contribution in [0, 0.1) is 10.5 Å². The Morgan fingerprint density at radius 2 is 2.06 bits per heavy atom. The molecule has 4 heteroatoms. The largest absolute Gasteiger partial charge is 0.384 e. The highest BCUT2D eigenvalue weighted by molar-refractivity contribution is 14.1. The standard InChI is InChI=1S/C14H16ClIN2/c1-4-10-8(3)18-14-11(13(10)17-5-2)6-9(15)7-12(14)16/h6-7H,4-5H2,1-3H3,(H,17,18). The Balaban J connectivity index is 2.87. The molecule has 2 nitrogen and oxygen atoms in total. The van der Waals surface area contributed by atoms with E-state index in [1.807, 2.05) is 12.1 Å². The summed E-state index contributed by atoms with van der Waals surface area (Å²) in [7, 11) is 0. The molecule has 1 aromatic carbocycles. The molecule has 0 bridgehead atoms. The van der Waals surface area contributed by atoms with Crippen LogP contribution >= 0.6 is 34.2 Å². The SMILES string of the molecule is CCNc1c(CC)c(C)nc2c(I)cc(Cl)cc12. The van der Waals surface area contributed by atoms with Crippen molar-refractivity contribution in [2.75, 3.05) is 11.9 Å². The number of benzene rings is 1. The van der Waals surface area contributed by atoms with Gasteiger partial charge in [-0.15, -0.1) is 0 Å². The molecule has 1 aromatic heterocycles. The zero-order chi connectivity index (χ0) is 13.3. The molecular weight excluding hydrogens is 359 g/mol. The van der Waals surface area contributed by atoms with Gasteiger partial charge < -0.3 is 5.32 Å². The second-order valence-electron chi connectivity index (χ2n) is 4.22. The molecule has 0 amide bonds. The summed E-state index contributed by atoms with van der Waals surface area (Å²) in [5.74, 6) is 0. The molecule has 0 radical (unpaired) electrons. The number of pyridine rings is 1. The number of aryl methyl sites for hydroxylation is 1. The van der Waals surface area contributed by atoms with E-state index in [9.17, 15) is 0 Å². The lowest BCUT2D eigenvalue weighted by atomic mass is 10.0. The third-order valence-electron chi connectivity index (χ3n) is 3.02. The fourth-order valence-electron chi connectivity index (χ4n) is 2.26. The number of rotatable bonds is 3. The number of nitrogens with one attached hydrogen (secondary N) is 1. The van der Waals surface area contributed by atoms with Crippen LogP contribution < -0.4 is 5.32 Å². The number of fused-ring (bicyclic) bond motifs is 1. The van der Waals surface area contributed by atoms with E-state index in [0.717, 1.165) is 38.2 Å². The van der Waals surface area contributed by atoms with Crippen LogP contribution in [0.3, 0.4) is 0 Å². The molecule has 1 heterocycles. The molecular formula is C14H16ClIN2. The van der Waals surface area contributed by atoms with Gasteiger partial charge in [0.25, 0.3) is 0 Å². The van der Waals surface area contributed by atoms with Crippen LogP contribution in [-0.4, -0.2) is 11.5 Å². The summed E-state index contributed by atoms with van der Waals surface area (Å²) in [5, 5.41) is 5.35. The van der Waals surface area contributed by atoms with Gasteiger partial charge in [0.05, 0.1) is 5.52 Å². The minimum absolute atomic E-state index is 0.763. The molecule has 0 unspecified atom stereocenters. The van der Waals surface area contributed by atoms with Crippen molar-refractivity contribution in [3.8, 4) is 0 Å². The molecule has 0 aliphatic rings. The summed E-state index contributed by atoms with van der Waals surface area (Å²) >= 11 is 8.47. The lowest BCUT2D eigenvalue weighted by Crippen LogP contribution is -2.05. The van der Waals surface area contributed by atoms with Crippen molar-refractivity contribution >= 4 is 50.8 Å². The van der Waals surface area contributed by atoms with Gasteiger partial charge in [0, 0.05) is 31.9 Å². The van der Waals surface area contributed by atoms with Gasteiger partial charge in [-0.3, -0.25) is 4.98 Å². The van der Waals surface area contributed by atoms with Crippen LogP contribution in [0.1, 0.15) is 25.1 Å². The first kappa shape index (κ1) is 13.9. The van der Waals surface area contributed by atoms with Crippen molar-refractivity contribution in [1.29, 1.82) is 0 Å². The fraction of sp³-hybridized carbons (Fsp3) is 0.357. The van der Waals surface area contributed by atoms with E-state index in [4.69, 9.17) is 16.6 Å². The molecule has 0 atom stereocenters. The number of hydrogen-bond acceptors (Lipinski definition) is 2. The lowest BCUT2D eigenvalue weighted by molar-refractivity contribution is 1.06. The zero-order valence-electron chi connectivity index (χ0n) is 10.8. The number of hydrogen-bond donors (Lipinski definition) is 1.